The monoisotopic (exact) mass is 165 g/mol. The molecule has 0 rings (SSSR count). The van der Waals surface area contributed by atoms with E-state index < -0.39 is 23.2 Å². The summed E-state index contributed by atoms with van der Waals surface area (Å²) in [5, 5.41) is 8.27. The summed E-state index contributed by atoms with van der Waals surface area (Å²) in [6.07, 6.45) is 1.80. The van der Waals surface area contributed by atoms with E-state index in [0.29, 0.717) is 5.75 Å². The van der Waals surface area contributed by atoms with Crippen LogP contribution in [0.3, 0.4) is 0 Å². The molecule has 0 spiro atoms. The highest BCUT2D eigenvalue weighted by atomic mass is 32.2. The second-order valence-corrected chi connectivity index (χ2v) is 3.57. The number of rotatable bonds is 4. The van der Waals surface area contributed by atoms with Gasteiger partial charge in [-0.2, -0.15) is 0 Å². The van der Waals surface area contributed by atoms with Crippen molar-refractivity contribution in [2.45, 2.75) is 12.5 Å². The van der Waals surface area contributed by atoms with Gasteiger partial charge in [0.05, 0.1) is 6.26 Å². The molecule has 10 heavy (non-hydrogen) atoms. The quantitative estimate of drug-likeness (QED) is 0.532. The fourth-order valence-electron chi connectivity index (χ4n) is 0.416. The van der Waals surface area contributed by atoms with Crippen LogP contribution in [0.1, 0.15) is 6.42 Å². The lowest BCUT2D eigenvalue weighted by Gasteiger charge is -2.06. The zero-order chi connectivity index (χ0) is 8.15. The Labute approximate surface area is 62.6 Å². The molecule has 0 fully saturated rings. The maximum absolute atomic E-state index is 10.4. The topological polar surface area (TPSA) is 86.4 Å². The molecule has 2 unspecified atom stereocenters. The molecule has 0 saturated carbocycles. The number of hydrogen-bond acceptors (Lipinski definition) is 3. The Bertz CT molecular complexity index is 117. The first-order chi connectivity index (χ1) is 4.54. The molecule has 0 aliphatic carbocycles. The van der Waals surface area contributed by atoms with E-state index in [9.17, 15) is 9.35 Å². The highest BCUT2D eigenvalue weighted by Gasteiger charge is 2.12. The molecular formula is C5H11NO3S. The number of aliphatic carboxylic acids is 1. The summed E-state index contributed by atoms with van der Waals surface area (Å²) >= 11 is -0.946. The van der Waals surface area contributed by atoms with E-state index in [1.165, 1.54) is 6.26 Å². The largest absolute Gasteiger partial charge is 0.617 e. The third-order valence-electron chi connectivity index (χ3n) is 1.03. The summed E-state index contributed by atoms with van der Waals surface area (Å²) in [7, 11) is 0. The Morgan fingerprint density at radius 2 is 2.40 bits per heavy atom. The highest BCUT2D eigenvalue weighted by Crippen LogP contribution is 1.93. The van der Waals surface area contributed by atoms with Crippen LogP contribution < -0.4 is 5.73 Å². The second-order valence-electron chi connectivity index (χ2n) is 2.01. The third kappa shape index (κ3) is 4.60. The molecular weight excluding hydrogens is 154 g/mol. The minimum atomic E-state index is -1.04. The van der Waals surface area contributed by atoms with Gasteiger partial charge in [-0.15, -0.1) is 0 Å². The lowest BCUT2D eigenvalue weighted by molar-refractivity contribution is -0.138. The van der Waals surface area contributed by atoms with Crippen LogP contribution in [-0.4, -0.2) is 33.7 Å². The van der Waals surface area contributed by atoms with E-state index >= 15 is 0 Å². The van der Waals surface area contributed by atoms with Crippen molar-refractivity contribution in [1.29, 1.82) is 0 Å². The van der Waals surface area contributed by atoms with E-state index in [0.717, 1.165) is 0 Å². The van der Waals surface area contributed by atoms with E-state index in [2.05, 4.69) is 0 Å². The molecule has 0 heterocycles. The fourth-order valence-corrected chi connectivity index (χ4v) is 1.00. The minimum absolute atomic E-state index is 0.276. The molecule has 0 amide bonds. The molecule has 0 aromatic rings. The predicted octanol–water partition coefficient (Wildman–Crippen LogP) is -0.833. The van der Waals surface area contributed by atoms with Crippen molar-refractivity contribution in [2.24, 2.45) is 5.73 Å². The van der Waals surface area contributed by atoms with E-state index in [1.54, 1.807) is 0 Å². The molecule has 0 aromatic heterocycles. The van der Waals surface area contributed by atoms with Crippen LogP contribution in [0.15, 0.2) is 0 Å². The Hall–Kier alpha value is -0.260. The first-order valence-electron chi connectivity index (χ1n) is 2.82. The molecule has 0 aliphatic rings. The van der Waals surface area contributed by atoms with Crippen molar-refractivity contribution in [3.8, 4) is 0 Å². The van der Waals surface area contributed by atoms with Crippen LogP contribution in [0.25, 0.3) is 0 Å². The van der Waals surface area contributed by atoms with E-state index in [4.69, 9.17) is 10.8 Å². The van der Waals surface area contributed by atoms with Crippen LogP contribution in [0, 0.1) is 0 Å². The van der Waals surface area contributed by atoms with Crippen LogP contribution in [0.4, 0.5) is 0 Å². The molecule has 0 aliphatic heterocycles. The SMILES string of the molecule is C[S+]([O-])CCC(N)C(=O)O. The molecule has 4 nitrogen and oxygen atoms in total. The van der Waals surface area contributed by atoms with E-state index in [-0.39, 0.29) is 6.42 Å². The van der Waals surface area contributed by atoms with E-state index in [1.807, 2.05) is 0 Å². The van der Waals surface area contributed by atoms with Gasteiger partial charge in [-0.1, -0.05) is 11.2 Å². The van der Waals surface area contributed by atoms with Crippen LogP contribution in [0.2, 0.25) is 0 Å². The summed E-state index contributed by atoms with van der Waals surface area (Å²) in [6, 6.07) is -0.871. The van der Waals surface area contributed by atoms with Gasteiger partial charge in [0, 0.05) is 6.42 Å². The van der Waals surface area contributed by atoms with Crippen molar-refractivity contribution in [2.75, 3.05) is 12.0 Å². The smallest absolute Gasteiger partial charge is 0.320 e. The number of carboxylic acid groups (broad SMARTS) is 1. The standard InChI is InChI=1S/C5H11NO3S/c1-10(9)3-2-4(6)5(7)8/h4H,2-3,6H2,1H3,(H,7,8). The van der Waals surface area contributed by atoms with Gasteiger partial charge >= 0.3 is 5.97 Å². The second kappa shape index (κ2) is 4.54. The molecule has 0 saturated heterocycles. The number of carboxylic acids is 1. The summed E-state index contributed by atoms with van der Waals surface area (Å²) in [5.41, 5.74) is 5.13. The van der Waals surface area contributed by atoms with Crippen LogP contribution in [-0.2, 0) is 16.0 Å². The van der Waals surface area contributed by atoms with Crippen LogP contribution >= 0.6 is 0 Å². The van der Waals surface area contributed by atoms with Gasteiger partial charge in [-0.3, -0.25) is 4.79 Å². The third-order valence-corrected chi connectivity index (χ3v) is 1.84. The van der Waals surface area contributed by atoms with Crippen molar-refractivity contribution < 1.29 is 14.5 Å². The van der Waals surface area contributed by atoms with Gasteiger partial charge in [-0.25, -0.2) is 0 Å². The number of hydrogen-bond donors (Lipinski definition) is 2. The first kappa shape index (κ1) is 9.74. The number of carbonyl (C=O) groups is 1. The van der Waals surface area contributed by atoms with Crippen molar-refractivity contribution in [3.05, 3.63) is 0 Å². The maximum atomic E-state index is 10.4. The first-order valence-corrected chi connectivity index (χ1v) is 4.55. The van der Waals surface area contributed by atoms with Crippen molar-refractivity contribution in [1.82, 2.24) is 0 Å². The van der Waals surface area contributed by atoms with Gasteiger partial charge in [0.2, 0.25) is 0 Å². The zero-order valence-electron chi connectivity index (χ0n) is 5.74. The van der Waals surface area contributed by atoms with Gasteiger partial charge in [0.15, 0.2) is 0 Å². The molecule has 0 aromatic carbocycles. The highest BCUT2D eigenvalue weighted by molar-refractivity contribution is 7.90. The summed E-state index contributed by atoms with van der Waals surface area (Å²) in [6.45, 7) is 0. The summed E-state index contributed by atoms with van der Waals surface area (Å²) in [4.78, 5) is 10.1. The zero-order valence-corrected chi connectivity index (χ0v) is 6.56. The lowest BCUT2D eigenvalue weighted by Crippen LogP contribution is -2.32. The normalized spacial score (nSPS) is 16.3. The van der Waals surface area contributed by atoms with Crippen molar-refractivity contribution >= 4 is 17.1 Å². The molecule has 0 bridgehead atoms. The summed E-state index contributed by atoms with van der Waals surface area (Å²) < 4.78 is 10.4. The van der Waals surface area contributed by atoms with Crippen LogP contribution in [0.5, 0.6) is 0 Å². The predicted molar refractivity (Wildman–Crippen MR) is 39.2 cm³/mol. The Morgan fingerprint density at radius 3 is 2.70 bits per heavy atom. The average Bonchev–Trinajstić information content (AvgIpc) is 1.82. The van der Waals surface area contributed by atoms with Gasteiger partial charge in [0.1, 0.15) is 11.8 Å². The van der Waals surface area contributed by atoms with Gasteiger partial charge < -0.3 is 15.4 Å². The Balaban J connectivity index is 3.40. The fraction of sp³-hybridized carbons (Fsp3) is 0.800. The summed E-state index contributed by atoms with van der Waals surface area (Å²) in [5.74, 6) is -0.682. The number of nitrogens with two attached hydrogens (primary N) is 1. The average molecular weight is 165 g/mol. The van der Waals surface area contributed by atoms with Gasteiger partial charge in [0.25, 0.3) is 0 Å². The minimum Gasteiger partial charge on any atom is -0.617 e. The molecule has 3 N–H and O–H groups in total. The van der Waals surface area contributed by atoms with Crippen molar-refractivity contribution in [3.63, 3.8) is 0 Å². The molecule has 5 heteroatoms. The Kier molecular flexibility index (Phi) is 4.42. The molecule has 60 valence electrons. The molecule has 0 radical (unpaired) electrons. The Morgan fingerprint density at radius 1 is 1.90 bits per heavy atom. The lowest BCUT2D eigenvalue weighted by atomic mass is 10.2. The molecule has 2 atom stereocenters. The van der Waals surface area contributed by atoms with Gasteiger partial charge in [-0.05, 0) is 0 Å². The maximum Gasteiger partial charge on any atom is 0.320 e.